The molecule has 2 aromatic heterocycles. The lowest BCUT2D eigenvalue weighted by Gasteiger charge is -2.06. The van der Waals surface area contributed by atoms with E-state index in [4.69, 9.17) is 5.73 Å². The molecule has 3 N–H and O–H groups in total. The molecule has 5 nitrogen and oxygen atoms in total. The van der Waals surface area contributed by atoms with Gasteiger partial charge < -0.3 is 10.7 Å². The molecule has 0 saturated carbocycles. The maximum atomic E-state index is 12.0. The van der Waals surface area contributed by atoms with Crippen molar-refractivity contribution < 1.29 is 0 Å². The molecule has 0 aliphatic heterocycles. The molecule has 3 rings (SSSR count). The van der Waals surface area contributed by atoms with Crippen LogP contribution in [0.15, 0.2) is 23.0 Å². The zero-order valence-electron chi connectivity index (χ0n) is 10.8. The van der Waals surface area contributed by atoms with Gasteiger partial charge in [0, 0.05) is 5.39 Å². The monoisotopic (exact) mass is 254 g/mol. The second-order valence-electron chi connectivity index (χ2n) is 4.73. The minimum atomic E-state index is -0.195. The van der Waals surface area contributed by atoms with Gasteiger partial charge in [0.05, 0.1) is 17.4 Å². The number of aromatic nitrogens is 3. The van der Waals surface area contributed by atoms with E-state index in [1.54, 1.807) is 0 Å². The third kappa shape index (κ3) is 1.88. The number of nitrogens with one attached hydrogen (secondary N) is 1. The fourth-order valence-corrected chi connectivity index (χ4v) is 2.34. The first-order chi connectivity index (χ1) is 9.08. The highest BCUT2D eigenvalue weighted by Gasteiger charge is 2.08. The van der Waals surface area contributed by atoms with E-state index < -0.39 is 0 Å². The molecule has 1 aromatic carbocycles. The molecule has 0 aliphatic rings. The Morgan fingerprint density at radius 3 is 2.74 bits per heavy atom. The summed E-state index contributed by atoms with van der Waals surface area (Å²) in [5.74, 6) is 0.453. The van der Waals surface area contributed by atoms with Gasteiger partial charge in [0.25, 0.3) is 5.56 Å². The molecular formula is C14H14N4O. The number of nitrogens with two attached hydrogens (primary N) is 1. The number of benzene rings is 1. The van der Waals surface area contributed by atoms with E-state index in [2.05, 4.69) is 21.0 Å². The van der Waals surface area contributed by atoms with Gasteiger partial charge in [-0.1, -0.05) is 11.6 Å². The lowest BCUT2D eigenvalue weighted by Crippen LogP contribution is -2.15. The minimum Gasteiger partial charge on any atom is -0.324 e. The SMILES string of the molecule is Cc1cc(C)c2nc3nc(CN)[nH]c(=O)c3cc2c1. The lowest BCUT2D eigenvalue weighted by molar-refractivity contribution is 0.908. The number of pyridine rings is 1. The van der Waals surface area contributed by atoms with Crippen molar-refractivity contribution >= 4 is 21.9 Å². The third-order valence-corrected chi connectivity index (χ3v) is 3.17. The lowest BCUT2D eigenvalue weighted by atomic mass is 10.1. The Balaban J connectivity index is 2.48. The first-order valence-electron chi connectivity index (χ1n) is 6.09. The molecule has 3 aromatic rings. The molecular weight excluding hydrogens is 240 g/mol. The van der Waals surface area contributed by atoms with Crippen molar-refractivity contribution in [1.82, 2.24) is 15.0 Å². The Morgan fingerprint density at radius 1 is 1.21 bits per heavy atom. The number of aromatic amines is 1. The van der Waals surface area contributed by atoms with E-state index in [-0.39, 0.29) is 12.1 Å². The average Bonchev–Trinajstić information content (AvgIpc) is 2.37. The number of rotatable bonds is 1. The van der Waals surface area contributed by atoms with Crippen LogP contribution in [0.5, 0.6) is 0 Å². The second kappa shape index (κ2) is 4.13. The summed E-state index contributed by atoms with van der Waals surface area (Å²) in [6, 6.07) is 5.92. The van der Waals surface area contributed by atoms with Crippen molar-refractivity contribution in [2.45, 2.75) is 20.4 Å². The zero-order valence-corrected chi connectivity index (χ0v) is 10.8. The normalized spacial score (nSPS) is 11.3. The van der Waals surface area contributed by atoms with Crippen molar-refractivity contribution in [2.75, 3.05) is 0 Å². The van der Waals surface area contributed by atoms with Crippen molar-refractivity contribution in [3.8, 4) is 0 Å². The van der Waals surface area contributed by atoms with Crippen LogP contribution in [-0.2, 0) is 6.54 Å². The van der Waals surface area contributed by atoms with Crippen LogP contribution in [0.3, 0.4) is 0 Å². The molecule has 0 atom stereocenters. The van der Waals surface area contributed by atoms with Gasteiger partial charge in [0.1, 0.15) is 5.82 Å². The summed E-state index contributed by atoms with van der Waals surface area (Å²) >= 11 is 0. The molecule has 0 amide bonds. The molecule has 0 spiro atoms. The number of nitrogens with zero attached hydrogens (tertiary/aromatic N) is 2. The fourth-order valence-electron chi connectivity index (χ4n) is 2.34. The largest absolute Gasteiger partial charge is 0.324 e. The highest BCUT2D eigenvalue weighted by atomic mass is 16.1. The zero-order chi connectivity index (χ0) is 13.6. The standard InChI is InChI=1S/C14H14N4O/c1-7-3-8(2)12-9(4-7)5-10-13(18-12)16-11(6-15)17-14(10)19/h3-5H,6,15H2,1-2H3,(H,16,17,18,19). The summed E-state index contributed by atoms with van der Waals surface area (Å²) in [4.78, 5) is 23.4. The van der Waals surface area contributed by atoms with Crippen LogP contribution in [0.1, 0.15) is 17.0 Å². The Labute approximate surface area is 109 Å². The van der Waals surface area contributed by atoms with Crippen molar-refractivity contribution in [3.63, 3.8) is 0 Å². The molecule has 0 bridgehead atoms. The Morgan fingerprint density at radius 2 is 2.00 bits per heavy atom. The predicted molar refractivity (Wildman–Crippen MR) is 75.0 cm³/mol. The smallest absolute Gasteiger partial charge is 0.260 e. The maximum Gasteiger partial charge on any atom is 0.260 e. The summed E-state index contributed by atoms with van der Waals surface area (Å²) in [7, 11) is 0. The van der Waals surface area contributed by atoms with Gasteiger partial charge in [-0.15, -0.1) is 0 Å². The van der Waals surface area contributed by atoms with E-state index >= 15 is 0 Å². The first kappa shape index (κ1) is 11.8. The molecule has 0 radical (unpaired) electrons. The van der Waals surface area contributed by atoms with Crippen LogP contribution in [0.25, 0.3) is 21.9 Å². The molecule has 5 heteroatoms. The van der Waals surface area contributed by atoms with Crippen LogP contribution in [0.2, 0.25) is 0 Å². The second-order valence-corrected chi connectivity index (χ2v) is 4.73. The van der Waals surface area contributed by atoms with Gasteiger partial charge in [0.2, 0.25) is 0 Å². The molecule has 2 heterocycles. The van der Waals surface area contributed by atoms with Crippen molar-refractivity contribution in [2.24, 2.45) is 5.73 Å². The topological polar surface area (TPSA) is 84.7 Å². The summed E-state index contributed by atoms with van der Waals surface area (Å²) in [6.07, 6.45) is 0. The van der Waals surface area contributed by atoms with Gasteiger partial charge >= 0.3 is 0 Å². The molecule has 0 aliphatic carbocycles. The van der Waals surface area contributed by atoms with Gasteiger partial charge in [-0.2, -0.15) is 0 Å². The van der Waals surface area contributed by atoms with Crippen LogP contribution >= 0.6 is 0 Å². The van der Waals surface area contributed by atoms with E-state index in [1.807, 2.05) is 26.0 Å². The van der Waals surface area contributed by atoms with Crippen LogP contribution < -0.4 is 11.3 Å². The van der Waals surface area contributed by atoms with Gasteiger partial charge in [-0.25, -0.2) is 9.97 Å². The Bertz CT molecular complexity index is 851. The number of fused-ring (bicyclic) bond motifs is 2. The summed E-state index contributed by atoms with van der Waals surface area (Å²) in [6.45, 7) is 4.22. The Kier molecular flexibility index (Phi) is 2.57. The van der Waals surface area contributed by atoms with Gasteiger partial charge in [-0.05, 0) is 31.5 Å². The number of hydrogen-bond donors (Lipinski definition) is 2. The summed E-state index contributed by atoms with van der Waals surface area (Å²) in [5.41, 5.74) is 8.86. The summed E-state index contributed by atoms with van der Waals surface area (Å²) < 4.78 is 0. The average molecular weight is 254 g/mol. The van der Waals surface area contributed by atoms with Crippen molar-refractivity contribution in [1.29, 1.82) is 0 Å². The predicted octanol–water partition coefficient (Wildman–Crippen LogP) is 1.55. The highest BCUT2D eigenvalue weighted by Crippen LogP contribution is 2.21. The summed E-state index contributed by atoms with van der Waals surface area (Å²) in [5, 5.41) is 1.45. The molecule has 0 fully saturated rings. The van der Waals surface area contributed by atoms with E-state index in [9.17, 15) is 4.79 Å². The van der Waals surface area contributed by atoms with E-state index in [1.165, 1.54) is 0 Å². The maximum absolute atomic E-state index is 12.0. The third-order valence-electron chi connectivity index (χ3n) is 3.17. The molecule has 0 unspecified atom stereocenters. The number of H-pyrrole nitrogens is 1. The highest BCUT2D eigenvalue weighted by molar-refractivity contribution is 5.92. The van der Waals surface area contributed by atoms with E-state index in [0.717, 1.165) is 22.0 Å². The van der Waals surface area contributed by atoms with Gasteiger partial charge in [0.15, 0.2) is 5.65 Å². The minimum absolute atomic E-state index is 0.192. The van der Waals surface area contributed by atoms with Crippen LogP contribution in [0.4, 0.5) is 0 Å². The quantitative estimate of drug-likeness (QED) is 0.645. The molecule has 19 heavy (non-hydrogen) atoms. The first-order valence-corrected chi connectivity index (χ1v) is 6.09. The van der Waals surface area contributed by atoms with Crippen LogP contribution in [-0.4, -0.2) is 15.0 Å². The van der Waals surface area contributed by atoms with Crippen molar-refractivity contribution in [3.05, 3.63) is 45.5 Å². The molecule has 96 valence electrons. The van der Waals surface area contributed by atoms with Crippen LogP contribution in [0, 0.1) is 13.8 Å². The van der Waals surface area contributed by atoms with Gasteiger partial charge in [-0.3, -0.25) is 4.79 Å². The fraction of sp³-hybridized carbons (Fsp3) is 0.214. The van der Waals surface area contributed by atoms with E-state index in [0.29, 0.717) is 16.9 Å². The number of hydrogen-bond acceptors (Lipinski definition) is 4. The number of aryl methyl sites for hydroxylation is 2. The Hall–Kier alpha value is -2.27. The molecule has 0 saturated heterocycles.